The van der Waals surface area contributed by atoms with Crippen LogP contribution in [-0.4, -0.2) is 39.5 Å². The zero-order chi connectivity index (χ0) is 18.1. The molecule has 5 heteroatoms. The van der Waals surface area contributed by atoms with Crippen molar-refractivity contribution in [2.75, 3.05) is 6.54 Å². The Balaban J connectivity index is 1.40. The summed E-state index contributed by atoms with van der Waals surface area (Å²) in [7, 11) is 0. The van der Waals surface area contributed by atoms with E-state index in [0.29, 0.717) is 25.3 Å². The van der Waals surface area contributed by atoms with E-state index in [0.717, 1.165) is 36.2 Å². The van der Waals surface area contributed by atoms with E-state index >= 15 is 0 Å². The van der Waals surface area contributed by atoms with Crippen LogP contribution in [0.3, 0.4) is 0 Å². The van der Waals surface area contributed by atoms with Gasteiger partial charge >= 0.3 is 5.97 Å². The number of aryl methyl sites for hydroxylation is 1. The normalized spacial score (nSPS) is 24.6. The topological polar surface area (TPSA) is 73.4 Å². The van der Waals surface area contributed by atoms with Gasteiger partial charge in [0.05, 0.1) is 0 Å². The molecule has 0 spiro atoms. The van der Waals surface area contributed by atoms with Crippen molar-refractivity contribution >= 4 is 11.9 Å². The van der Waals surface area contributed by atoms with Crippen molar-refractivity contribution in [1.29, 1.82) is 0 Å². The fourth-order valence-electron chi connectivity index (χ4n) is 4.64. The molecule has 3 atom stereocenters. The number of nitrogens with zero attached hydrogens (tertiary/aromatic N) is 1. The number of likely N-dealkylation sites (tertiary alicyclic amines) is 1. The van der Waals surface area contributed by atoms with Gasteiger partial charge in [0.2, 0.25) is 5.91 Å². The predicted molar refractivity (Wildman–Crippen MR) is 98.5 cm³/mol. The second-order valence-electron chi connectivity index (χ2n) is 7.45. The molecule has 1 aromatic heterocycles. The van der Waals surface area contributed by atoms with E-state index < -0.39 is 12.0 Å². The number of carbonyl (C=O) groups is 2. The summed E-state index contributed by atoms with van der Waals surface area (Å²) in [6, 6.07) is 13.5. The van der Waals surface area contributed by atoms with Crippen LogP contribution in [0.25, 0.3) is 11.3 Å². The molecule has 5 nitrogen and oxygen atoms in total. The first-order valence-corrected chi connectivity index (χ1v) is 9.39. The fourth-order valence-corrected chi connectivity index (χ4v) is 4.64. The lowest BCUT2D eigenvalue weighted by atomic mass is 9.94. The van der Waals surface area contributed by atoms with Crippen LogP contribution in [0.5, 0.6) is 0 Å². The molecular weight excluding hydrogens is 328 g/mol. The summed E-state index contributed by atoms with van der Waals surface area (Å²) < 4.78 is 0. The van der Waals surface area contributed by atoms with E-state index in [1.54, 1.807) is 4.90 Å². The molecule has 0 bridgehead atoms. The van der Waals surface area contributed by atoms with Crippen LogP contribution in [0.2, 0.25) is 0 Å². The van der Waals surface area contributed by atoms with Gasteiger partial charge in [-0.3, -0.25) is 4.79 Å². The van der Waals surface area contributed by atoms with E-state index in [-0.39, 0.29) is 11.8 Å². The quantitative estimate of drug-likeness (QED) is 0.867. The standard InChI is InChI=1S/C21H24N2O3/c24-19(23-13-15-7-4-8-17(15)20(23)21(25)26)12-10-16-9-11-18(22-16)14-5-2-1-3-6-14/h1-3,5-6,9,11,15,17,20,22H,4,7-8,10,12-13H2,(H,25,26). The Hall–Kier alpha value is -2.56. The molecule has 1 aliphatic heterocycles. The second-order valence-corrected chi connectivity index (χ2v) is 7.45. The third-order valence-electron chi connectivity index (χ3n) is 5.90. The molecule has 1 saturated carbocycles. The number of carboxylic acids is 1. The molecule has 1 aromatic carbocycles. The molecule has 2 heterocycles. The Labute approximate surface area is 153 Å². The highest BCUT2D eigenvalue weighted by Crippen LogP contribution is 2.42. The SMILES string of the molecule is O=C(O)C1C2CCCC2CN1C(=O)CCc1ccc(-c2ccccc2)[nH]1. The second kappa shape index (κ2) is 6.98. The highest BCUT2D eigenvalue weighted by molar-refractivity contribution is 5.85. The molecule has 1 aliphatic carbocycles. The smallest absolute Gasteiger partial charge is 0.326 e. The van der Waals surface area contributed by atoms with Gasteiger partial charge in [0.15, 0.2) is 0 Å². The number of benzene rings is 1. The number of rotatable bonds is 5. The van der Waals surface area contributed by atoms with E-state index in [1.165, 1.54) is 0 Å². The lowest BCUT2D eigenvalue weighted by molar-refractivity contribution is -0.149. The number of carboxylic acid groups (broad SMARTS) is 1. The molecule has 0 radical (unpaired) electrons. The number of carbonyl (C=O) groups excluding carboxylic acids is 1. The van der Waals surface area contributed by atoms with Crippen molar-refractivity contribution in [2.24, 2.45) is 11.8 Å². The van der Waals surface area contributed by atoms with Crippen molar-refractivity contribution in [2.45, 2.75) is 38.1 Å². The van der Waals surface area contributed by atoms with Crippen LogP contribution in [-0.2, 0) is 16.0 Å². The third-order valence-corrected chi connectivity index (χ3v) is 5.90. The van der Waals surface area contributed by atoms with Gasteiger partial charge in [-0.25, -0.2) is 4.79 Å². The van der Waals surface area contributed by atoms with Gasteiger partial charge < -0.3 is 15.0 Å². The summed E-state index contributed by atoms with van der Waals surface area (Å²) >= 11 is 0. The van der Waals surface area contributed by atoms with Crippen LogP contribution in [0.4, 0.5) is 0 Å². The maximum Gasteiger partial charge on any atom is 0.326 e. The van der Waals surface area contributed by atoms with Crippen LogP contribution in [0.1, 0.15) is 31.4 Å². The number of hydrogen-bond donors (Lipinski definition) is 2. The highest BCUT2D eigenvalue weighted by atomic mass is 16.4. The van der Waals surface area contributed by atoms with Gasteiger partial charge in [-0.05, 0) is 48.8 Å². The van der Waals surface area contributed by atoms with Crippen LogP contribution >= 0.6 is 0 Å². The Morgan fingerprint density at radius 1 is 1.12 bits per heavy atom. The average Bonchev–Trinajstić information content (AvgIpc) is 3.35. The lowest BCUT2D eigenvalue weighted by Gasteiger charge is -2.24. The molecule has 2 N–H and O–H groups in total. The first kappa shape index (κ1) is 16.9. The maximum atomic E-state index is 12.7. The van der Waals surface area contributed by atoms with E-state index in [2.05, 4.69) is 4.98 Å². The number of fused-ring (bicyclic) bond motifs is 1. The van der Waals surface area contributed by atoms with Gasteiger partial charge in [0.1, 0.15) is 6.04 Å². The van der Waals surface area contributed by atoms with Crippen molar-refractivity contribution in [3.05, 3.63) is 48.2 Å². The molecule has 2 aromatic rings. The highest BCUT2D eigenvalue weighted by Gasteiger charge is 2.49. The van der Waals surface area contributed by atoms with Crippen LogP contribution in [0.15, 0.2) is 42.5 Å². The number of aromatic nitrogens is 1. The largest absolute Gasteiger partial charge is 0.480 e. The van der Waals surface area contributed by atoms with Crippen molar-refractivity contribution in [3.63, 3.8) is 0 Å². The average molecular weight is 352 g/mol. The Kier molecular flexibility index (Phi) is 4.53. The summed E-state index contributed by atoms with van der Waals surface area (Å²) in [5.41, 5.74) is 3.15. The minimum absolute atomic E-state index is 0.0392. The van der Waals surface area contributed by atoms with Gasteiger partial charge in [-0.2, -0.15) is 0 Å². The molecule has 3 unspecified atom stereocenters. The molecular formula is C21H24N2O3. The third kappa shape index (κ3) is 3.14. The molecule has 1 amide bonds. The summed E-state index contributed by atoms with van der Waals surface area (Å²) in [4.78, 5) is 29.4. The first-order chi connectivity index (χ1) is 12.6. The van der Waals surface area contributed by atoms with E-state index in [9.17, 15) is 14.7 Å². The monoisotopic (exact) mass is 352 g/mol. The minimum atomic E-state index is -0.848. The lowest BCUT2D eigenvalue weighted by Crippen LogP contribution is -2.43. The number of aliphatic carboxylic acids is 1. The maximum absolute atomic E-state index is 12.7. The van der Waals surface area contributed by atoms with Gasteiger partial charge in [-0.15, -0.1) is 0 Å². The van der Waals surface area contributed by atoms with E-state index in [4.69, 9.17) is 0 Å². The number of aromatic amines is 1. The summed E-state index contributed by atoms with van der Waals surface area (Å²) in [6.45, 7) is 0.612. The first-order valence-electron chi connectivity index (χ1n) is 9.39. The van der Waals surface area contributed by atoms with Gasteiger partial charge in [-0.1, -0.05) is 36.8 Å². The van der Waals surface area contributed by atoms with Crippen molar-refractivity contribution in [1.82, 2.24) is 9.88 Å². The molecule has 2 aliphatic rings. The van der Waals surface area contributed by atoms with Crippen LogP contribution < -0.4 is 0 Å². The summed E-state index contributed by atoms with van der Waals surface area (Å²) in [6.07, 6.45) is 4.02. The number of amides is 1. The van der Waals surface area contributed by atoms with Crippen molar-refractivity contribution < 1.29 is 14.7 Å². The molecule has 136 valence electrons. The van der Waals surface area contributed by atoms with Gasteiger partial charge in [0.25, 0.3) is 0 Å². The molecule has 26 heavy (non-hydrogen) atoms. The molecule has 2 fully saturated rings. The van der Waals surface area contributed by atoms with Crippen LogP contribution in [0, 0.1) is 11.8 Å². The Morgan fingerprint density at radius 3 is 2.69 bits per heavy atom. The van der Waals surface area contributed by atoms with E-state index in [1.807, 2.05) is 42.5 Å². The van der Waals surface area contributed by atoms with Crippen molar-refractivity contribution in [3.8, 4) is 11.3 Å². The zero-order valence-electron chi connectivity index (χ0n) is 14.7. The minimum Gasteiger partial charge on any atom is -0.480 e. The zero-order valence-corrected chi connectivity index (χ0v) is 14.7. The van der Waals surface area contributed by atoms with Gasteiger partial charge in [0, 0.05) is 24.4 Å². The fraction of sp³-hybridized carbons (Fsp3) is 0.429. The molecule has 4 rings (SSSR count). The number of hydrogen-bond acceptors (Lipinski definition) is 2. The predicted octanol–water partition coefficient (Wildman–Crippen LogP) is 3.33. The Bertz CT molecular complexity index is 799. The summed E-state index contributed by atoms with van der Waals surface area (Å²) in [5.74, 6) is -0.372. The number of H-pyrrole nitrogens is 1. The summed E-state index contributed by atoms with van der Waals surface area (Å²) in [5, 5.41) is 9.59. The number of nitrogens with one attached hydrogen (secondary N) is 1. The Morgan fingerprint density at radius 2 is 1.92 bits per heavy atom. The molecule has 1 saturated heterocycles.